The van der Waals surface area contributed by atoms with Crippen LogP contribution in [0.3, 0.4) is 0 Å². The van der Waals surface area contributed by atoms with Gasteiger partial charge in [-0.3, -0.25) is 0 Å². The third-order valence-electron chi connectivity index (χ3n) is 5.88. The lowest BCUT2D eigenvalue weighted by molar-refractivity contribution is 0.0862. The number of hydrogen-bond acceptors (Lipinski definition) is 3. The van der Waals surface area contributed by atoms with Crippen molar-refractivity contribution in [2.75, 3.05) is 0 Å². The van der Waals surface area contributed by atoms with E-state index in [2.05, 4.69) is 13.5 Å². The molecule has 0 spiro atoms. The largest absolute Gasteiger partial charge is 0.393 e. The third-order valence-corrected chi connectivity index (χ3v) is 5.88. The number of aliphatic hydroxyl groups is 3. The number of aliphatic hydroxyl groups excluding tert-OH is 3. The predicted octanol–water partition coefficient (Wildman–Crippen LogP) is 6.52. The molecular weight excluding hydrogens is 396 g/mol. The average Bonchev–Trinajstić information content (AvgIpc) is 2.85. The van der Waals surface area contributed by atoms with Gasteiger partial charge in [-0.1, -0.05) is 82.0 Å². The first-order valence-electron chi connectivity index (χ1n) is 15.0. The van der Waals surface area contributed by atoms with Gasteiger partial charge in [-0.05, 0) is 73.2 Å². The Labute approximate surface area is 204 Å². The normalized spacial score (nSPS) is 26.4. The van der Waals surface area contributed by atoms with Crippen molar-refractivity contribution >= 4 is 5.57 Å². The minimum atomic E-state index is -2.47. The Kier molecular flexibility index (Phi) is 8.46. The Hall–Kier alpha value is -1.68. The first-order chi connectivity index (χ1) is 17.8. The van der Waals surface area contributed by atoms with E-state index in [1.54, 1.807) is 18.2 Å². The van der Waals surface area contributed by atoms with Gasteiger partial charge < -0.3 is 15.3 Å². The van der Waals surface area contributed by atoms with Gasteiger partial charge in [-0.2, -0.15) is 0 Å². The summed E-state index contributed by atoms with van der Waals surface area (Å²) in [6, 6.07) is 7.16. The highest BCUT2D eigenvalue weighted by molar-refractivity contribution is 5.68. The summed E-state index contributed by atoms with van der Waals surface area (Å²) in [5, 5.41) is 30.0. The van der Waals surface area contributed by atoms with Crippen LogP contribution < -0.4 is 0 Å². The number of aryl methyl sites for hydroxylation is 1. The van der Waals surface area contributed by atoms with Gasteiger partial charge in [0.2, 0.25) is 0 Å². The molecule has 0 radical (unpaired) electrons. The molecular formula is C29H44O3. The van der Waals surface area contributed by atoms with E-state index in [-0.39, 0.29) is 25.7 Å². The lowest BCUT2D eigenvalue weighted by Crippen LogP contribution is -2.26. The quantitative estimate of drug-likeness (QED) is 0.302. The molecule has 0 saturated heterocycles. The van der Waals surface area contributed by atoms with Crippen LogP contribution in [0.1, 0.15) is 104 Å². The molecule has 3 nitrogen and oxygen atoms in total. The molecule has 3 heteroatoms. The van der Waals surface area contributed by atoms with Gasteiger partial charge in [0, 0.05) is 14.6 Å². The van der Waals surface area contributed by atoms with E-state index in [1.165, 1.54) is 0 Å². The highest BCUT2D eigenvalue weighted by Gasteiger charge is 2.24. The van der Waals surface area contributed by atoms with Crippen molar-refractivity contribution in [1.82, 2.24) is 0 Å². The van der Waals surface area contributed by atoms with Crippen LogP contribution >= 0.6 is 0 Å². The molecule has 0 bridgehead atoms. The molecule has 1 aromatic rings. The molecule has 0 heterocycles. The molecule has 0 aromatic heterocycles. The lowest BCUT2D eigenvalue weighted by atomic mass is 9.85. The first-order valence-corrected chi connectivity index (χ1v) is 11.9. The van der Waals surface area contributed by atoms with Gasteiger partial charge in [-0.25, -0.2) is 0 Å². The van der Waals surface area contributed by atoms with Gasteiger partial charge in [0.25, 0.3) is 0 Å². The summed E-state index contributed by atoms with van der Waals surface area (Å²) < 4.78 is 47.6. The third kappa shape index (κ3) is 9.44. The summed E-state index contributed by atoms with van der Waals surface area (Å²) in [4.78, 5) is 0. The summed E-state index contributed by atoms with van der Waals surface area (Å²) in [7, 11) is 0. The highest BCUT2D eigenvalue weighted by atomic mass is 16.3. The maximum absolute atomic E-state index is 10.2. The Morgan fingerprint density at radius 2 is 2.09 bits per heavy atom. The minimum Gasteiger partial charge on any atom is -0.393 e. The Morgan fingerprint density at radius 1 is 1.25 bits per heavy atom. The van der Waals surface area contributed by atoms with Crippen molar-refractivity contribution < 1.29 is 23.5 Å². The molecule has 0 amide bonds. The molecule has 0 aliphatic heterocycles. The van der Waals surface area contributed by atoms with Crippen molar-refractivity contribution in [1.29, 1.82) is 0 Å². The van der Waals surface area contributed by atoms with Gasteiger partial charge in [0.05, 0.1) is 18.3 Å². The standard InChI is InChI=1S/C29H44O3/c1-4-5-6-10-15-25(17-18-26-20-28(31)21-29(32)23(26)3)27-16-11-14-24(19-27)13-9-7-8-12-22(2)30/h11,14,16-19,22,28-32H,3-10,12-13,15,20-21H2,1-2H3/b25-17+,26-18-/t22?,28-,29+/m1/s1/i2D3,9D,13D2/t9?,22?,28-,29+. The van der Waals surface area contributed by atoms with E-state index in [0.29, 0.717) is 17.6 Å². The zero-order valence-electron chi connectivity index (χ0n) is 25.4. The fourth-order valence-corrected chi connectivity index (χ4v) is 3.94. The molecule has 1 fully saturated rings. The smallest absolute Gasteiger partial charge is 0.0811 e. The van der Waals surface area contributed by atoms with E-state index >= 15 is 0 Å². The Morgan fingerprint density at radius 3 is 2.88 bits per heavy atom. The molecule has 1 aromatic carbocycles. The van der Waals surface area contributed by atoms with Gasteiger partial charge in [0.15, 0.2) is 0 Å². The Bertz CT molecular complexity index is 969. The second kappa shape index (κ2) is 14.5. The summed E-state index contributed by atoms with van der Waals surface area (Å²) in [6.07, 6.45) is 4.08. The second-order valence-electron chi connectivity index (χ2n) is 8.71. The number of benzene rings is 1. The summed E-state index contributed by atoms with van der Waals surface area (Å²) in [5.74, 6) is 0. The van der Waals surface area contributed by atoms with E-state index in [1.807, 2.05) is 18.2 Å². The number of hydrogen-bond donors (Lipinski definition) is 3. The van der Waals surface area contributed by atoms with E-state index < -0.39 is 37.9 Å². The van der Waals surface area contributed by atoms with Crippen LogP contribution in [0.2, 0.25) is 0 Å². The van der Waals surface area contributed by atoms with Crippen LogP contribution in [-0.2, 0) is 6.37 Å². The second-order valence-corrected chi connectivity index (χ2v) is 8.71. The molecule has 1 aliphatic carbocycles. The highest BCUT2D eigenvalue weighted by Crippen LogP contribution is 2.30. The van der Waals surface area contributed by atoms with Crippen molar-refractivity contribution in [2.45, 2.75) is 109 Å². The Balaban J connectivity index is 2.26. The first kappa shape index (κ1) is 18.7. The van der Waals surface area contributed by atoms with Crippen molar-refractivity contribution in [3.63, 3.8) is 0 Å². The SMILES string of the molecule is [2H]C(CCCC(O)C([2H])([2H])[2H])C([2H])([2H])c1cccc(/C(=C/C=C2/C[C@@H](O)C[C@H](O)C2=C)CCCCCC)c1. The molecule has 1 saturated carbocycles. The maximum atomic E-state index is 10.2. The van der Waals surface area contributed by atoms with Gasteiger partial charge in [-0.15, -0.1) is 0 Å². The van der Waals surface area contributed by atoms with Gasteiger partial charge in [0.1, 0.15) is 0 Å². The molecule has 2 unspecified atom stereocenters. The van der Waals surface area contributed by atoms with Crippen LogP contribution in [0, 0.1) is 0 Å². The molecule has 2 rings (SSSR count). The zero-order valence-corrected chi connectivity index (χ0v) is 19.4. The van der Waals surface area contributed by atoms with Crippen LogP contribution in [-0.4, -0.2) is 33.6 Å². The van der Waals surface area contributed by atoms with Crippen LogP contribution in [0.25, 0.3) is 5.57 Å². The maximum Gasteiger partial charge on any atom is 0.0811 e. The molecule has 3 N–H and O–H groups in total. The van der Waals surface area contributed by atoms with Gasteiger partial charge >= 0.3 is 0 Å². The molecule has 1 aliphatic rings. The van der Waals surface area contributed by atoms with Crippen molar-refractivity contribution in [2.24, 2.45) is 0 Å². The zero-order chi connectivity index (χ0) is 28.5. The average molecular weight is 447 g/mol. The molecule has 4 atom stereocenters. The minimum absolute atomic E-state index is 0.00397. The summed E-state index contributed by atoms with van der Waals surface area (Å²) >= 11 is 0. The van der Waals surface area contributed by atoms with Crippen LogP contribution in [0.4, 0.5) is 0 Å². The van der Waals surface area contributed by atoms with E-state index in [9.17, 15) is 15.3 Å². The number of rotatable bonds is 13. The molecule has 32 heavy (non-hydrogen) atoms. The van der Waals surface area contributed by atoms with Crippen molar-refractivity contribution in [3.05, 3.63) is 65.3 Å². The van der Waals surface area contributed by atoms with E-state index in [0.717, 1.165) is 48.8 Å². The number of allylic oxidation sites excluding steroid dienone is 3. The number of unbranched alkanes of at least 4 members (excludes halogenated alkanes) is 3. The van der Waals surface area contributed by atoms with Crippen LogP contribution in [0.5, 0.6) is 0 Å². The fourth-order valence-electron chi connectivity index (χ4n) is 3.94. The summed E-state index contributed by atoms with van der Waals surface area (Å²) in [5.41, 5.74) is 3.66. The fraction of sp³-hybridized carbons (Fsp3) is 0.586. The van der Waals surface area contributed by atoms with Crippen LogP contribution in [0.15, 0.2) is 54.1 Å². The van der Waals surface area contributed by atoms with Crippen molar-refractivity contribution in [3.8, 4) is 0 Å². The predicted molar refractivity (Wildman–Crippen MR) is 136 cm³/mol. The monoisotopic (exact) mass is 446 g/mol. The summed E-state index contributed by atoms with van der Waals surface area (Å²) in [6.45, 7) is 3.67. The van der Waals surface area contributed by atoms with E-state index in [4.69, 9.17) is 8.22 Å². The lowest BCUT2D eigenvalue weighted by Gasteiger charge is -2.26. The molecule has 178 valence electrons. The topological polar surface area (TPSA) is 60.7 Å².